The quantitative estimate of drug-likeness (QED) is 0.658. The minimum atomic E-state index is -2.99. The number of hydrogen-bond acceptors (Lipinski definition) is 3. The summed E-state index contributed by atoms with van der Waals surface area (Å²) < 4.78 is 23.8. The van der Waals surface area contributed by atoms with Crippen LogP contribution in [0.2, 0.25) is 0 Å². The first-order valence-electron chi connectivity index (χ1n) is 7.35. The fourth-order valence-corrected chi connectivity index (χ4v) is 3.50. The Balaban J connectivity index is 2.20. The molecular formula is C16H25NO3S. The van der Waals surface area contributed by atoms with Gasteiger partial charge in [-0.15, -0.1) is 0 Å². The second-order valence-corrected chi connectivity index (χ2v) is 7.79. The van der Waals surface area contributed by atoms with Gasteiger partial charge in [-0.1, -0.05) is 30.3 Å². The van der Waals surface area contributed by atoms with Crippen molar-refractivity contribution < 1.29 is 13.2 Å². The van der Waals surface area contributed by atoms with Gasteiger partial charge in [0.2, 0.25) is 5.91 Å². The summed E-state index contributed by atoms with van der Waals surface area (Å²) in [4.78, 5) is 12.9. The normalized spacial score (nSPS) is 11.3. The molecular weight excluding hydrogens is 286 g/mol. The lowest BCUT2D eigenvalue weighted by Crippen LogP contribution is -2.21. The summed E-state index contributed by atoms with van der Waals surface area (Å²) >= 11 is 0. The molecule has 0 aliphatic carbocycles. The van der Waals surface area contributed by atoms with Gasteiger partial charge in [0.1, 0.15) is 9.84 Å². The minimum absolute atomic E-state index is 0.0523. The third-order valence-corrected chi connectivity index (χ3v) is 5.18. The van der Waals surface area contributed by atoms with E-state index in [4.69, 9.17) is 0 Å². The van der Waals surface area contributed by atoms with Gasteiger partial charge in [-0.2, -0.15) is 0 Å². The van der Waals surface area contributed by atoms with E-state index < -0.39 is 9.84 Å². The maximum atomic E-state index is 11.9. The topological polar surface area (TPSA) is 54.5 Å². The molecule has 5 heteroatoms. The van der Waals surface area contributed by atoms with Gasteiger partial charge in [0.25, 0.3) is 0 Å². The van der Waals surface area contributed by atoms with Crippen LogP contribution in [0.4, 0.5) is 0 Å². The van der Waals surface area contributed by atoms with Crippen molar-refractivity contribution in [1.82, 2.24) is 4.90 Å². The average molecular weight is 311 g/mol. The Kier molecular flexibility index (Phi) is 7.43. The molecule has 0 heterocycles. The molecule has 0 atom stereocenters. The third-order valence-electron chi connectivity index (χ3n) is 3.36. The summed E-state index contributed by atoms with van der Waals surface area (Å²) in [5.74, 6) is 0.461. The molecule has 118 valence electrons. The average Bonchev–Trinajstić information content (AvgIpc) is 2.44. The van der Waals surface area contributed by atoms with E-state index in [1.54, 1.807) is 14.1 Å². The van der Waals surface area contributed by atoms with Crippen LogP contribution in [0.1, 0.15) is 31.2 Å². The Morgan fingerprint density at radius 1 is 1.00 bits per heavy atom. The van der Waals surface area contributed by atoms with Crippen molar-refractivity contribution in [2.75, 3.05) is 25.6 Å². The van der Waals surface area contributed by atoms with E-state index in [9.17, 15) is 13.2 Å². The van der Waals surface area contributed by atoms with Crippen LogP contribution < -0.4 is 0 Å². The number of carbonyl (C=O) groups is 1. The molecule has 0 unspecified atom stereocenters. The lowest BCUT2D eigenvalue weighted by Gasteiger charge is -2.09. The summed E-state index contributed by atoms with van der Waals surface area (Å²) in [7, 11) is 0.427. The van der Waals surface area contributed by atoms with Crippen LogP contribution in [0.25, 0.3) is 0 Å². The van der Waals surface area contributed by atoms with Gasteiger partial charge in [0.15, 0.2) is 0 Å². The van der Waals surface area contributed by atoms with Crippen LogP contribution in [-0.4, -0.2) is 44.8 Å². The van der Waals surface area contributed by atoms with Crippen molar-refractivity contribution in [3.63, 3.8) is 0 Å². The Bertz CT molecular complexity index is 524. The maximum Gasteiger partial charge on any atom is 0.222 e. The molecule has 21 heavy (non-hydrogen) atoms. The molecule has 0 aromatic heterocycles. The standard InChI is InChI=1S/C16H25NO3S/c1-17(2)16(18)12-6-7-13-21(19,20)14-8-11-15-9-4-3-5-10-15/h3-5,9-10H,6-8,11-14H2,1-2H3. The van der Waals surface area contributed by atoms with Crippen molar-refractivity contribution in [3.05, 3.63) is 35.9 Å². The van der Waals surface area contributed by atoms with E-state index in [0.717, 1.165) is 6.42 Å². The first-order valence-corrected chi connectivity index (χ1v) is 9.17. The van der Waals surface area contributed by atoms with Crippen LogP contribution >= 0.6 is 0 Å². The Morgan fingerprint density at radius 2 is 1.62 bits per heavy atom. The van der Waals surface area contributed by atoms with E-state index in [0.29, 0.717) is 25.7 Å². The van der Waals surface area contributed by atoms with E-state index in [2.05, 4.69) is 0 Å². The number of aryl methyl sites for hydroxylation is 1. The molecule has 4 nitrogen and oxygen atoms in total. The minimum Gasteiger partial charge on any atom is -0.349 e. The number of amides is 1. The summed E-state index contributed by atoms with van der Waals surface area (Å²) in [6.45, 7) is 0. The third kappa shape index (κ3) is 7.85. The summed E-state index contributed by atoms with van der Waals surface area (Å²) in [5.41, 5.74) is 1.17. The molecule has 1 aromatic rings. The summed E-state index contributed by atoms with van der Waals surface area (Å²) in [6, 6.07) is 9.91. The van der Waals surface area contributed by atoms with Crippen molar-refractivity contribution >= 4 is 15.7 Å². The van der Waals surface area contributed by atoms with Crippen molar-refractivity contribution in [3.8, 4) is 0 Å². The number of carbonyl (C=O) groups excluding carboxylic acids is 1. The highest BCUT2D eigenvalue weighted by molar-refractivity contribution is 7.91. The molecule has 1 aromatic carbocycles. The van der Waals surface area contributed by atoms with E-state index >= 15 is 0 Å². The Morgan fingerprint density at radius 3 is 2.24 bits per heavy atom. The van der Waals surface area contributed by atoms with Gasteiger partial charge in [0, 0.05) is 20.5 Å². The first-order chi connectivity index (χ1) is 9.91. The smallest absolute Gasteiger partial charge is 0.222 e. The van der Waals surface area contributed by atoms with Gasteiger partial charge >= 0.3 is 0 Å². The van der Waals surface area contributed by atoms with Crippen molar-refractivity contribution in [2.24, 2.45) is 0 Å². The molecule has 0 aliphatic heterocycles. The lowest BCUT2D eigenvalue weighted by molar-refractivity contribution is -0.128. The number of hydrogen-bond donors (Lipinski definition) is 0. The summed E-state index contributed by atoms with van der Waals surface area (Å²) in [5, 5.41) is 0. The molecule has 0 aliphatic rings. The fraction of sp³-hybridized carbons (Fsp3) is 0.562. The Hall–Kier alpha value is -1.36. The molecule has 1 rings (SSSR count). The monoisotopic (exact) mass is 311 g/mol. The first kappa shape index (κ1) is 17.7. The highest BCUT2D eigenvalue weighted by atomic mass is 32.2. The van der Waals surface area contributed by atoms with E-state index in [1.807, 2.05) is 30.3 Å². The van der Waals surface area contributed by atoms with Gasteiger partial charge in [0.05, 0.1) is 11.5 Å². The van der Waals surface area contributed by atoms with Crippen LogP contribution in [0, 0.1) is 0 Å². The predicted octanol–water partition coefficient (Wildman–Crippen LogP) is 2.29. The largest absolute Gasteiger partial charge is 0.349 e. The molecule has 0 saturated heterocycles. The second kappa shape index (κ2) is 8.82. The molecule has 0 spiro atoms. The molecule has 0 radical (unpaired) electrons. The number of nitrogens with zero attached hydrogens (tertiary/aromatic N) is 1. The van der Waals surface area contributed by atoms with Gasteiger partial charge in [-0.3, -0.25) is 4.79 Å². The van der Waals surface area contributed by atoms with Crippen molar-refractivity contribution in [2.45, 2.75) is 32.1 Å². The SMILES string of the molecule is CN(C)C(=O)CCCCS(=O)(=O)CCCc1ccccc1. The van der Waals surface area contributed by atoms with Crippen molar-refractivity contribution in [1.29, 1.82) is 0 Å². The maximum absolute atomic E-state index is 11.9. The molecule has 0 fully saturated rings. The van der Waals surface area contributed by atoms with E-state index in [1.165, 1.54) is 10.5 Å². The number of sulfone groups is 1. The molecule has 0 saturated carbocycles. The number of rotatable bonds is 9. The number of benzene rings is 1. The van der Waals surface area contributed by atoms with Crippen LogP contribution in [0.5, 0.6) is 0 Å². The van der Waals surface area contributed by atoms with Gasteiger partial charge in [-0.25, -0.2) is 8.42 Å². The second-order valence-electron chi connectivity index (χ2n) is 5.49. The van der Waals surface area contributed by atoms with Gasteiger partial charge < -0.3 is 4.90 Å². The van der Waals surface area contributed by atoms with Crippen LogP contribution in [0.15, 0.2) is 30.3 Å². The van der Waals surface area contributed by atoms with Crippen LogP contribution in [-0.2, 0) is 21.1 Å². The zero-order valence-corrected chi connectivity index (χ0v) is 13.7. The van der Waals surface area contributed by atoms with E-state index in [-0.39, 0.29) is 17.4 Å². The predicted molar refractivity (Wildman–Crippen MR) is 86.0 cm³/mol. The lowest BCUT2D eigenvalue weighted by atomic mass is 10.1. The van der Waals surface area contributed by atoms with Crippen LogP contribution in [0.3, 0.4) is 0 Å². The zero-order valence-electron chi connectivity index (χ0n) is 12.9. The molecule has 0 bridgehead atoms. The summed E-state index contributed by atoms with van der Waals surface area (Å²) in [6.07, 6.45) is 3.07. The number of unbranched alkanes of at least 4 members (excludes halogenated alkanes) is 1. The molecule has 0 N–H and O–H groups in total. The zero-order chi connectivity index (χ0) is 15.7. The Labute approximate surface area is 128 Å². The molecule has 1 amide bonds. The van der Waals surface area contributed by atoms with Gasteiger partial charge in [-0.05, 0) is 31.2 Å². The fourth-order valence-electron chi connectivity index (χ4n) is 2.06. The highest BCUT2D eigenvalue weighted by Crippen LogP contribution is 2.07. The highest BCUT2D eigenvalue weighted by Gasteiger charge is 2.11.